The molecule has 0 atom stereocenters. The van der Waals surface area contributed by atoms with Gasteiger partial charge in [0.25, 0.3) is 0 Å². The highest BCUT2D eigenvalue weighted by Crippen LogP contribution is 2.29. The third-order valence-corrected chi connectivity index (χ3v) is 3.69. The van der Waals surface area contributed by atoms with E-state index in [1.165, 1.54) is 11.1 Å². The molecule has 1 N–H and O–H groups in total. The molecule has 0 unspecified atom stereocenters. The van der Waals surface area contributed by atoms with Crippen LogP contribution in [0.1, 0.15) is 23.2 Å². The van der Waals surface area contributed by atoms with E-state index in [-0.39, 0.29) is 0 Å². The number of benzene rings is 1. The van der Waals surface area contributed by atoms with Gasteiger partial charge in [0.15, 0.2) is 5.69 Å². The highest BCUT2D eigenvalue weighted by Gasteiger charge is 2.20. The van der Waals surface area contributed by atoms with Gasteiger partial charge in [-0.1, -0.05) is 12.1 Å². The first kappa shape index (κ1) is 11.8. The Bertz CT molecular complexity index is 676. The molecule has 4 heteroatoms. The van der Waals surface area contributed by atoms with Gasteiger partial charge in [0, 0.05) is 18.7 Å². The molecule has 96 valence electrons. The SMILES string of the molecule is Cc1ccc(-c2nc(C#N)c3n2CCCN3)cc1C. The fourth-order valence-electron chi connectivity index (χ4n) is 2.47. The quantitative estimate of drug-likeness (QED) is 0.849. The molecule has 4 nitrogen and oxygen atoms in total. The van der Waals surface area contributed by atoms with E-state index < -0.39 is 0 Å². The Kier molecular flexibility index (Phi) is 2.75. The lowest BCUT2D eigenvalue weighted by Crippen LogP contribution is -2.17. The number of hydrogen-bond donors (Lipinski definition) is 1. The van der Waals surface area contributed by atoms with E-state index >= 15 is 0 Å². The first-order valence-electron chi connectivity index (χ1n) is 6.53. The van der Waals surface area contributed by atoms with Gasteiger partial charge in [-0.2, -0.15) is 5.26 Å². The summed E-state index contributed by atoms with van der Waals surface area (Å²) in [5, 5.41) is 12.5. The van der Waals surface area contributed by atoms with Crippen molar-refractivity contribution in [1.29, 1.82) is 5.26 Å². The first-order valence-corrected chi connectivity index (χ1v) is 6.53. The van der Waals surface area contributed by atoms with Gasteiger partial charge in [-0.05, 0) is 37.5 Å². The smallest absolute Gasteiger partial charge is 0.183 e. The fraction of sp³-hybridized carbons (Fsp3) is 0.333. The largest absolute Gasteiger partial charge is 0.369 e. The third kappa shape index (κ3) is 1.88. The maximum atomic E-state index is 9.19. The van der Waals surface area contributed by atoms with Crippen molar-refractivity contribution in [3.8, 4) is 17.5 Å². The Morgan fingerprint density at radius 2 is 2.16 bits per heavy atom. The summed E-state index contributed by atoms with van der Waals surface area (Å²) >= 11 is 0. The van der Waals surface area contributed by atoms with Crippen molar-refractivity contribution in [2.75, 3.05) is 11.9 Å². The summed E-state index contributed by atoms with van der Waals surface area (Å²) < 4.78 is 2.12. The van der Waals surface area contributed by atoms with E-state index in [0.717, 1.165) is 36.7 Å². The molecule has 2 heterocycles. The predicted octanol–water partition coefficient (Wildman–Crippen LogP) is 2.85. The minimum Gasteiger partial charge on any atom is -0.369 e. The molecule has 0 saturated heterocycles. The lowest BCUT2D eigenvalue weighted by molar-refractivity contribution is 0.635. The van der Waals surface area contributed by atoms with Gasteiger partial charge in [0.1, 0.15) is 17.7 Å². The lowest BCUT2D eigenvalue weighted by Gasteiger charge is -2.18. The Morgan fingerprint density at radius 1 is 1.32 bits per heavy atom. The van der Waals surface area contributed by atoms with E-state index in [9.17, 15) is 5.26 Å². The van der Waals surface area contributed by atoms with Gasteiger partial charge in [-0.25, -0.2) is 4.98 Å². The minimum absolute atomic E-state index is 0.493. The zero-order valence-electron chi connectivity index (χ0n) is 11.2. The van der Waals surface area contributed by atoms with E-state index in [1.54, 1.807) is 0 Å². The van der Waals surface area contributed by atoms with Crippen LogP contribution in [0.4, 0.5) is 5.82 Å². The van der Waals surface area contributed by atoms with E-state index in [2.05, 4.69) is 53.0 Å². The van der Waals surface area contributed by atoms with Crippen LogP contribution in [0, 0.1) is 25.2 Å². The summed E-state index contributed by atoms with van der Waals surface area (Å²) in [5.41, 5.74) is 4.09. The average Bonchev–Trinajstić information content (AvgIpc) is 2.81. The second-order valence-electron chi connectivity index (χ2n) is 4.98. The maximum absolute atomic E-state index is 9.19. The number of aryl methyl sites for hydroxylation is 2. The summed E-state index contributed by atoms with van der Waals surface area (Å²) in [6.07, 6.45) is 1.06. The van der Waals surface area contributed by atoms with Crippen molar-refractivity contribution < 1.29 is 0 Å². The number of imidazole rings is 1. The highest BCUT2D eigenvalue weighted by atomic mass is 15.2. The summed E-state index contributed by atoms with van der Waals surface area (Å²) in [7, 11) is 0. The normalized spacial score (nSPS) is 13.5. The van der Waals surface area contributed by atoms with Crippen molar-refractivity contribution >= 4 is 5.82 Å². The molecule has 0 aliphatic carbocycles. The summed E-state index contributed by atoms with van der Waals surface area (Å²) in [4.78, 5) is 4.49. The van der Waals surface area contributed by atoms with Crippen LogP contribution in [0.15, 0.2) is 18.2 Å². The van der Waals surface area contributed by atoms with Crippen molar-refractivity contribution in [1.82, 2.24) is 9.55 Å². The van der Waals surface area contributed by atoms with Gasteiger partial charge >= 0.3 is 0 Å². The summed E-state index contributed by atoms with van der Waals surface area (Å²) in [5.74, 6) is 1.75. The molecule has 1 aliphatic rings. The molecule has 2 aromatic rings. The Morgan fingerprint density at radius 3 is 2.89 bits per heavy atom. The Labute approximate surface area is 112 Å². The highest BCUT2D eigenvalue weighted by molar-refractivity contribution is 5.65. The fourth-order valence-corrected chi connectivity index (χ4v) is 2.47. The molecule has 1 aromatic carbocycles. The number of fused-ring (bicyclic) bond motifs is 1. The molecule has 0 saturated carbocycles. The van der Waals surface area contributed by atoms with E-state index in [1.807, 2.05) is 0 Å². The van der Waals surface area contributed by atoms with Crippen LogP contribution in [0.5, 0.6) is 0 Å². The molecule has 3 rings (SSSR count). The average molecular weight is 252 g/mol. The molecular formula is C15H16N4. The van der Waals surface area contributed by atoms with Crippen LogP contribution in [0.3, 0.4) is 0 Å². The van der Waals surface area contributed by atoms with E-state index in [4.69, 9.17) is 0 Å². The maximum Gasteiger partial charge on any atom is 0.183 e. The van der Waals surface area contributed by atoms with Crippen molar-refractivity contribution in [3.63, 3.8) is 0 Å². The van der Waals surface area contributed by atoms with Crippen LogP contribution in [0.25, 0.3) is 11.4 Å². The van der Waals surface area contributed by atoms with E-state index in [0.29, 0.717) is 5.69 Å². The zero-order chi connectivity index (χ0) is 13.4. The van der Waals surface area contributed by atoms with Crippen LogP contribution in [-0.2, 0) is 6.54 Å². The molecule has 1 aliphatic heterocycles. The Hall–Kier alpha value is -2.28. The van der Waals surface area contributed by atoms with Crippen LogP contribution < -0.4 is 5.32 Å². The second-order valence-corrected chi connectivity index (χ2v) is 4.98. The topological polar surface area (TPSA) is 53.6 Å². The number of nitrogens with one attached hydrogen (secondary N) is 1. The van der Waals surface area contributed by atoms with Gasteiger partial charge in [-0.15, -0.1) is 0 Å². The minimum atomic E-state index is 0.493. The first-order chi connectivity index (χ1) is 9.20. The molecular weight excluding hydrogens is 236 g/mol. The Balaban J connectivity index is 2.17. The molecule has 0 fully saturated rings. The van der Waals surface area contributed by atoms with Gasteiger partial charge in [0.05, 0.1) is 0 Å². The number of anilines is 1. The number of rotatable bonds is 1. The van der Waals surface area contributed by atoms with Crippen LogP contribution in [0.2, 0.25) is 0 Å². The third-order valence-electron chi connectivity index (χ3n) is 3.69. The second kappa shape index (κ2) is 4.43. The summed E-state index contributed by atoms with van der Waals surface area (Å²) in [6.45, 7) is 6.02. The monoisotopic (exact) mass is 252 g/mol. The summed E-state index contributed by atoms with van der Waals surface area (Å²) in [6, 6.07) is 8.50. The zero-order valence-corrected chi connectivity index (χ0v) is 11.2. The number of aromatic nitrogens is 2. The van der Waals surface area contributed by atoms with Crippen molar-refractivity contribution in [2.24, 2.45) is 0 Å². The predicted molar refractivity (Wildman–Crippen MR) is 75.0 cm³/mol. The molecule has 1 aromatic heterocycles. The van der Waals surface area contributed by atoms with Gasteiger partial charge in [0.2, 0.25) is 0 Å². The molecule has 0 amide bonds. The lowest BCUT2D eigenvalue weighted by atomic mass is 10.1. The van der Waals surface area contributed by atoms with Crippen LogP contribution >= 0.6 is 0 Å². The molecule has 19 heavy (non-hydrogen) atoms. The van der Waals surface area contributed by atoms with Gasteiger partial charge in [-0.3, -0.25) is 0 Å². The molecule has 0 spiro atoms. The number of nitriles is 1. The molecule has 0 radical (unpaired) electrons. The van der Waals surface area contributed by atoms with Crippen LogP contribution in [-0.4, -0.2) is 16.1 Å². The number of hydrogen-bond acceptors (Lipinski definition) is 3. The number of nitrogens with zero attached hydrogens (tertiary/aromatic N) is 3. The molecule has 0 bridgehead atoms. The standard InChI is InChI=1S/C15H16N4/c1-10-4-5-12(8-11(10)2)14-18-13(9-16)15-17-6-3-7-19(14)15/h4-5,8,17H,3,6-7H2,1-2H3. The van der Waals surface area contributed by atoms with Crippen molar-refractivity contribution in [3.05, 3.63) is 35.0 Å². The van der Waals surface area contributed by atoms with Crippen molar-refractivity contribution in [2.45, 2.75) is 26.8 Å². The van der Waals surface area contributed by atoms with Gasteiger partial charge < -0.3 is 9.88 Å².